The van der Waals surface area contributed by atoms with Crippen molar-refractivity contribution in [1.29, 1.82) is 0 Å². The van der Waals surface area contributed by atoms with Gasteiger partial charge in [0.15, 0.2) is 0 Å². The molecule has 1 heterocycles. The van der Waals surface area contributed by atoms with Gasteiger partial charge >= 0.3 is 12.0 Å². The van der Waals surface area contributed by atoms with Crippen LogP contribution in [-0.2, 0) is 16.1 Å². The van der Waals surface area contributed by atoms with E-state index in [2.05, 4.69) is 5.32 Å². The van der Waals surface area contributed by atoms with Gasteiger partial charge in [-0.15, -0.1) is 0 Å². The zero-order valence-electron chi connectivity index (χ0n) is 12.1. The van der Waals surface area contributed by atoms with Crippen LogP contribution in [0.4, 0.5) is 4.79 Å². The molecule has 5 nitrogen and oxygen atoms in total. The Balaban J connectivity index is 1.95. The maximum absolute atomic E-state index is 11.9. The molecule has 1 aliphatic heterocycles. The molecule has 108 valence electrons. The molecule has 0 aliphatic carbocycles. The Bertz CT molecular complexity index is 494. The summed E-state index contributed by atoms with van der Waals surface area (Å²) in [5.74, 6) is -0.388. The van der Waals surface area contributed by atoms with Crippen molar-refractivity contribution in [3.8, 4) is 0 Å². The van der Waals surface area contributed by atoms with E-state index >= 15 is 0 Å². The highest BCUT2D eigenvalue weighted by Crippen LogP contribution is 2.14. The summed E-state index contributed by atoms with van der Waals surface area (Å²) in [7, 11) is 0. The summed E-state index contributed by atoms with van der Waals surface area (Å²) in [5, 5.41) is 2.66. The second-order valence-corrected chi connectivity index (χ2v) is 5.90. The average Bonchev–Trinajstić information content (AvgIpc) is 2.70. The number of amides is 2. The molecule has 1 aromatic rings. The van der Waals surface area contributed by atoms with Gasteiger partial charge in [-0.1, -0.05) is 30.3 Å². The smallest absolute Gasteiger partial charge is 0.331 e. The highest BCUT2D eigenvalue weighted by molar-refractivity contribution is 5.87. The number of nitrogens with zero attached hydrogens (tertiary/aromatic N) is 1. The van der Waals surface area contributed by atoms with Gasteiger partial charge in [-0.3, -0.25) is 0 Å². The number of hydrogen-bond donors (Lipinski definition) is 1. The minimum atomic E-state index is -0.592. The summed E-state index contributed by atoms with van der Waals surface area (Å²) >= 11 is 0. The van der Waals surface area contributed by atoms with E-state index in [1.54, 1.807) is 4.90 Å². The van der Waals surface area contributed by atoms with Crippen LogP contribution in [0.1, 0.15) is 26.3 Å². The Kier molecular flexibility index (Phi) is 3.97. The third-order valence-electron chi connectivity index (χ3n) is 2.90. The summed E-state index contributed by atoms with van der Waals surface area (Å²) < 4.78 is 5.29. The van der Waals surface area contributed by atoms with Gasteiger partial charge in [0.2, 0.25) is 0 Å². The second kappa shape index (κ2) is 5.53. The lowest BCUT2D eigenvalue weighted by atomic mass is 10.2. The van der Waals surface area contributed by atoms with Crippen LogP contribution in [0.5, 0.6) is 0 Å². The average molecular weight is 276 g/mol. The van der Waals surface area contributed by atoms with Crippen LogP contribution < -0.4 is 5.32 Å². The van der Waals surface area contributed by atoms with E-state index in [-0.39, 0.29) is 12.0 Å². The van der Waals surface area contributed by atoms with Gasteiger partial charge in [-0.05, 0) is 26.3 Å². The molecule has 1 N–H and O–H groups in total. The lowest BCUT2D eigenvalue weighted by Crippen LogP contribution is -2.39. The maximum Gasteiger partial charge on any atom is 0.331 e. The molecule has 0 spiro atoms. The lowest BCUT2D eigenvalue weighted by molar-refractivity contribution is -0.156. The fourth-order valence-corrected chi connectivity index (χ4v) is 2.04. The van der Waals surface area contributed by atoms with Crippen molar-refractivity contribution in [3.63, 3.8) is 0 Å². The predicted octanol–water partition coefficient (Wildman–Crippen LogP) is 1.92. The SMILES string of the molecule is CC(C)(C)OC(=O)C1CN(Cc2ccccc2)C(=O)N1. The molecule has 5 heteroatoms. The van der Waals surface area contributed by atoms with Crippen LogP contribution in [0.15, 0.2) is 30.3 Å². The normalized spacial score (nSPS) is 18.9. The maximum atomic E-state index is 11.9. The zero-order valence-corrected chi connectivity index (χ0v) is 12.1. The number of urea groups is 1. The topological polar surface area (TPSA) is 58.6 Å². The van der Waals surface area contributed by atoms with Gasteiger partial charge in [0.25, 0.3) is 0 Å². The molecule has 1 atom stereocenters. The lowest BCUT2D eigenvalue weighted by Gasteiger charge is -2.21. The molecule has 2 amide bonds. The molecule has 1 saturated heterocycles. The first kappa shape index (κ1) is 14.4. The first-order valence-electron chi connectivity index (χ1n) is 6.67. The van der Waals surface area contributed by atoms with Gasteiger partial charge in [0.1, 0.15) is 11.6 Å². The largest absolute Gasteiger partial charge is 0.458 e. The molecule has 0 aromatic heterocycles. The zero-order chi connectivity index (χ0) is 14.8. The summed E-state index contributed by atoms with van der Waals surface area (Å²) in [6.45, 7) is 6.25. The van der Waals surface area contributed by atoms with Crippen LogP contribution in [0, 0.1) is 0 Å². The van der Waals surface area contributed by atoms with E-state index < -0.39 is 11.6 Å². The Hall–Kier alpha value is -2.04. The van der Waals surface area contributed by atoms with Crippen LogP contribution in [0.2, 0.25) is 0 Å². The van der Waals surface area contributed by atoms with Crippen molar-refractivity contribution >= 4 is 12.0 Å². The fourth-order valence-electron chi connectivity index (χ4n) is 2.04. The van der Waals surface area contributed by atoms with E-state index in [9.17, 15) is 9.59 Å². The van der Waals surface area contributed by atoms with Gasteiger partial charge in [0.05, 0.1) is 6.54 Å². The van der Waals surface area contributed by atoms with Crippen molar-refractivity contribution in [2.75, 3.05) is 6.54 Å². The molecule has 1 aromatic carbocycles. The Morgan fingerprint density at radius 3 is 2.60 bits per heavy atom. The number of carbonyl (C=O) groups is 2. The minimum absolute atomic E-state index is 0.232. The second-order valence-electron chi connectivity index (χ2n) is 5.90. The van der Waals surface area contributed by atoms with Gasteiger partial charge < -0.3 is 15.0 Å². The summed E-state index contributed by atoms with van der Waals surface area (Å²) in [6, 6.07) is 8.86. The van der Waals surface area contributed by atoms with Crippen LogP contribution >= 0.6 is 0 Å². The number of benzene rings is 1. The molecule has 20 heavy (non-hydrogen) atoms. The van der Waals surface area contributed by atoms with Crippen molar-refractivity contribution in [2.24, 2.45) is 0 Å². The molecular weight excluding hydrogens is 256 g/mol. The highest BCUT2D eigenvalue weighted by Gasteiger charge is 2.36. The van der Waals surface area contributed by atoms with Crippen molar-refractivity contribution in [2.45, 2.75) is 39.0 Å². The summed E-state index contributed by atoms with van der Waals surface area (Å²) in [5.41, 5.74) is 0.488. The number of esters is 1. The molecule has 0 saturated carbocycles. The highest BCUT2D eigenvalue weighted by atomic mass is 16.6. The quantitative estimate of drug-likeness (QED) is 0.858. The third-order valence-corrected chi connectivity index (χ3v) is 2.90. The summed E-state index contributed by atoms with van der Waals surface area (Å²) in [4.78, 5) is 25.4. The van der Waals surface area contributed by atoms with Crippen LogP contribution in [0.25, 0.3) is 0 Å². The number of carbonyl (C=O) groups excluding carboxylic acids is 2. The number of hydrogen-bond acceptors (Lipinski definition) is 3. The van der Waals surface area contributed by atoms with Crippen molar-refractivity contribution in [3.05, 3.63) is 35.9 Å². The van der Waals surface area contributed by atoms with Crippen LogP contribution in [0.3, 0.4) is 0 Å². The van der Waals surface area contributed by atoms with Gasteiger partial charge in [-0.2, -0.15) is 0 Å². The van der Waals surface area contributed by atoms with Gasteiger partial charge in [0, 0.05) is 6.54 Å². The molecule has 1 unspecified atom stereocenters. The first-order valence-corrected chi connectivity index (χ1v) is 6.67. The Labute approximate surface area is 118 Å². The van der Waals surface area contributed by atoms with E-state index in [1.165, 1.54) is 0 Å². The molecule has 2 rings (SSSR count). The molecular formula is C15H20N2O3. The number of ether oxygens (including phenoxy) is 1. The van der Waals surface area contributed by atoms with Crippen molar-refractivity contribution in [1.82, 2.24) is 10.2 Å². The first-order chi connectivity index (χ1) is 9.35. The molecule has 0 radical (unpaired) electrons. The predicted molar refractivity (Wildman–Crippen MR) is 75.0 cm³/mol. The van der Waals surface area contributed by atoms with Crippen molar-refractivity contribution < 1.29 is 14.3 Å². The van der Waals surface area contributed by atoms with Gasteiger partial charge in [-0.25, -0.2) is 9.59 Å². The molecule has 1 aliphatic rings. The summed E-state index contributed by atoms with van der Waals surface area (Å²) in [6.07, 6.45) is 0. The van der Waals surface area contributed by atoms with E-state index in [0.717, 1.165) is 5.56 Å². The Morgan fingerprint density at radius 2 is 2.00 bits per heavy atom. The monoisotopic (exact) mass is 276 g/mol. The van der Waals surface area contributed by atoms with E-state index in [0.29, 0.717) is 13.1 Å². The standard InChI is InChI=1S/C15H20N2O3/c1-15(2,3)20-13(18)12-10-17(14(19)16-12)9-11-7-5-4-6-8-11/h4-8,12H,9-10H2,1-3H3,(H,16,19). The van der Waals surface area contributed by atoms with Crippen LogP contribution in [-0.4, -0.2) is 35.1 Å². The third kappa shape index (κ3) is 3.73. The van der Waals surface area contributed by atoms with E-state index in [4.69, 9.17) is 4.74 Å². The molecule has 0 bridgehead atoms. The minimum Gasteiger partial charge on any atom is -0.458 e. The molecule has 1 fully saturated rings. The van der Waals surface area contributed by atoms with E-state index in [1.807, 2.05) is 51.1 Å². The number of rotatable bonds is 3. The fraction of sp³-hybridized carbons (Fsp3) is 0.467. The number of nitrogens with one attached hydrogen (secondary N) is 1. The Morgan fingerprint density at radius 1 is 1.35 bits per heavy atom.